The first kappa shape index (κ1) is 412. The van der Waals surface area contributed by atoms with Crippen molar-refractivity contribution in [1.82, 2.24) is 0 Å². The first-order valence-electron chi connectivity index (χ1n) is 1.34. The van der Waals surface area contributed by atoms with E-state index in [0.29, 0.717) is 0 Å². The first-order chi connectivity index (χ1) is 6.00. The zero-order chi connectivity index (χ0) is 12.0. The van der Waals surface area contributed by atoms with E-state index in [4.69, 9.17) is 71.0 Å². The molecule has 0 rings (SSSR count). The molecular formula is C6H20FeN6Na4O10. The fourth-order valence-corrected chi connectivity index (χ4v) is 0. The summed E-state index contributed by atoms with van der Waals surface area (Å²) in [7, 11) is 0. The molecule has 27 heavy (non-hydrogen) atoms. The van der Waals surface area contributed by atoms with E-state index in [-0.39, 0.29) is 190 Å². The Morgan fingerprint density at radius 2 is 0.259 bits per heavy atom. The molecule has 0 saturated heterocycles. The van der Waals surface area contributed by atoms with Crippen LogP contribution >= 0.6 is 0 Å². The third-order valence-corrected chi connectivity index (χ3v) is 0. The van der Waals surface area contributed by atoms with E-state index in [9.17, 15) is 0 Å². The maximum Gasteiger partial charge on any atom is 4.00 e. The van der Waals surface area contributed by atoms with Crippen molar-refractivity contribution < 1.29 is 131 Å². The van der Waals surface area contributed by atoms with Gasteiger partial charge in [0, 0.05) is 59.1 Å². The summed E-state index contributed by atoms with van der Waals surface area (Å²) in [5.41, 5.74) is 0. The zero-order valence-corrected chi connectivity index (χ0v) is 24.1. The van der Waals surface area contributed by atoms with Crippen molar-refractivity contribution in [1.29, 1.82) is 31.6 Å². The van der Waals surface area contributed by atoms with Crippen molar-refractivity contribution in [3.05, 3.63) is 39.4 Å². The summed E-state index contributed by atoms with van der Waals surface area (Å²) < 4.78 is 0. The van der Waals surface area contributed by atoms with Crippen LogP contribution in [0, 0.1) is 71.0 Å². The minimum absolute atomic E-state index is 0. The van der Waals surface area contributed by atoms with Gasteiger partial charge in [0.25, 0.3) is 0 Å². The average Bonchev–Trinajstić information content (AvgIpc) is 2.33. The van der Waals surface area contributed by atoms with Gasteiger partial charge in [-0.05, 0) is 0 Å². The predicted molar refractivity (Wildman–Crippen MR) is 77.5 cm³/mol. The largest absolute Gasteiger partial charge is 4.00 e. The summed E-state index contributed by atoms with van der Waals surface area (Å²) in [5, 5.41) is 37.5. The van der Waals surface area contributed by atoms with Gasteiger partial charge in [-0.25, -0.2) is 0 Å². The molecule has 0 aromatic rings. The van der Waals surface area contributed by atoms with Crippen molar-refractivity contribution in [3.63, 3.8) is 0 Å². The van der Waals surface area contributed by atoms with Gasteiger partial charge in [-0.2, -0.15) is 0 Å². The summed E-state index contributed by atoms with van der Waals surface area (Å²) >= 11 is 0. The van der Waals surface area contributed by atoms with Gasteiger partial charge in [0.15, 0.2) is 0 Å². The van der Waals surface area contributed by atoms with E-state index in [0.717, 1.165) is 0 Å². The van der Waals surface area contributed by atoms with Gasteiger partial charge in [0.2, 0.25) is 0 Å². The van der Waals surface area contributed by atoms with E-state index in [2.05, 4.69) is 0 Å². The molecule has 21 heteroatoms. The number of hydrogen-bond acceptors (Lipinski definition) is 6. The second-order valence-corrected chi connectivity index (χ2v) is 0. The van der Waals surface area contributed by atoms with Crippen LogP contribution in [-0.4, -0.2) is 114 Å². The second kappa shape index (κ2) is 16400. The molecule has 0 saturated carbocycles. The van der Waals surface area contributed by atoms with E-state index in [1.54, 1.807) is 0 Å². The molecule has 0 aliphatic carbocycles. The van der Waals surface area contributed by atoms with Crippen LogP contribution in [0.1, 0.15) is 0 Å². The SMILES string of the molecule is O.O.O.O.O.O.O.O.O.O.[C-]#N.[C-]#N.[C-]#N.[C-]#N.[C-]#N.[C-]#N.[Fe+4].[Na+].[Na+].[Na].[Na]. The van der Waals surface area contributed by atoms with Crippen molar-refractivity contribution in [2.75, 3.05) is 0 Å². The molecule has 0 fully saturated rings. The molecule has 20 N–H and O–H groups in total. The third kappa shape index (κ3) is 15100. The molecule has 0 aliphatic heterocycles. The van der Waals surface area contributed by atoms with Crippen LogP contribution in [0.4, 0.5) is 0 Å². The van der Waals surface area contributed by atoms with Crippen LogP contribution in [0.25, 0.3) is 0 Å². The Kier molecular flexibility index (Phi) is 250000. The minimum atomic E-state index is 0. The van der Waals surface area contributed by atoms with Crippen molar-refractivity contribution in [2.24, 2.45) is 0 Å². The van der Waals surface area contributed by atoms with Crippen molar-refractivity contribution in [2.45, 2.75) is 0 Å². The molecule has 0 amide bonds. The topological polar surface area (TPSA) is 458 Å². The van der Waals surface area contributed by atoms with Crippen molar-refractivity contribution >= 4 is 59.1 Å². The van der Waals surface area contributed by atoms with Gasteiger partial charge in [-0.3, -0.25) is 0 Å². The van der Waals surface area contributed by atoms with Crippen LogP contribution in [-0.2, 0) is 17.1 Å². The van der Waals surface area contributed by atoms with E-state index >= 15 is 0 Å². The summed E-state index contributed by atoms with van der Waals surface area (Å²) in [5.74, 6) is 0. The van der Waals surface area contributed by atoms with Crippen LogP contribution in [0.3, 0.4) is 0 Å². The maximum absolute atomic E-state index is 6.25. The van der Waals surface area contributed by atoms with E-state index in [1.807, 2.05) is 0 Å². The van der Waals surface area contributed by atoms with E-state index < -0.39 is 0 Å². The van der Waals surface area contributed by atoms with Crippen molar-refractivity contribution in [3.8, 4) is 0 Å². The van der Waals surface area contributed by atoms with Gasteiger partial charge in [0.05, 0.1) is 0 Å². The third-order valence-electron chi connectivity index (χ3n) is 0. The Hall–Kier alpha value is 1.06. The smallest absolute Gasteiger partial charge is 0.512 e. The number of nitrogens with zero attached hydrogens (tertiary/aromatic N) is 6. The predicted octanol–water partition coefficient (Wildman–Crippen LogP) is -14.4. The Morgan fingerprint density at radius 3 is 0.259 bits per heavy atom. The molecule has 0 aliphatic rings. The molecule has 2 radical (unpaired) electrons. The Balaban J connectivity index is -0.000000000758. The number of hydrogen-bond donors (Lipinski definition) is 0. The monoisotopic (exact) mass is 484 g/mol. The molecule has 0 aromatic heterocycles. The van der Waals surface area contributed by atoms with Crippen LogP contribution in [0.5, 0.6) is 0 Å². The molecule has 0 atom stereocenters. The molecule has 0 heterocycles. The number of rotatable bonds is 0. The molecule has 0 aromatic carbocycles. The molecular weight excluding hydrogens is 464 g/mol. The summed E-state index contributed by atoms with van der Waals surface area (Å²) in [6.07, 6.45) is 0. The van der Waals surface area contributed by atoms with Crippen LogP contribution < -0.4 is 59.1 Å². The van der Waals surface area contributed by atoms with Gasteiger partial charge >= 0.3 is 76.2 Å². The molecule has 146 valence electrons. The fraction of sp³-hybridized carbons (Fsp3) is 0. The Morgan fingerprint density at radius 1 is 0.259 bits per heavy atom. The molecule has 16 nitrogen and oxygen atoms in total. The second-order valence-electron chi connectivity index (χ2n) is 0. The summed E-state index contributed by atoms with van der Waals surface area (Å²) in [4.78, 5) is 0. The normalized spacial score (nSPS) is 0.444. The molecule has 0 bridgehead atoms. The van der Waals surface area contributed by atoms with Crippen LogP contribution in [0.15, 0.2) is 0 Å². The van der Waals surface area contributed by atoms with Gasteiger partial charge in [-0.1, -0.05) is 0 Å². The Bertz CT molecular complexity index is 131. The average molecular weight is 484 g/mol. The molecule has 0 unspecified atom stereocenters. The quantitative estimate of drug-likeness (QED) is 0.237. The summed E-state index contributed by atoms with van der Waals surface area (Å²) in [6, 6.07) is 0. The van der Waals surface area contributed by atoms with Crippen LogP contribution in [0.2, 0.25) is 0 Å². The van der Waals surface area contributed by atoms with Gasteiger partial charge in [0.1, 0.15) is 0 Å². The molecule has 0 spiro atoms. The fourth-order valence-electron chi connectivity index (χ4n) is 0. The van der Waals surface area contributed by atoms with Gasteiger partial charge < -0.3 is 126 Å². The minimum Gasteiger partial charge on any atom is -0.512 e. The van der Waals surface area contributed by atoms with Gasteiger partial charge in [-0.15, -0.1) is 0 Å². The Labute approximate surface area is 257 Å². The summed E-state index contributed by atoms with van der Waals surface area (Å²) in [6.45, 7) is 28.5. The van der Waals surface area contributed by atoms with E-state index in [1.165, 1.54) is 0 Å². The zero-order valence-electron chi connectivity index (χ0n) is 15.0. The first-order valence-corrected chi connectivity index (χ1v) is 1.34. The standard InChI is InChI=1S/6CN.Fe.4Na.10H2O/c6*1-2;;;;;;;;;;;;;;;/h;;;;;;;;;;;10*1H2/q6*-1;+4;;;2*+1;;;;;;;;;;. The maximum atomic E-state index is 6.25.